The normalized spacial score (nSPS) is 14.5. The molecule has 0 aromatic heterocycles. The molecule has 0 aliphatic heterocycles. The van der Waals surface area contributed by atoms with Crippen molar-refractivity contribution in [3.63, 3.8) is 0 Å². The lowest BCUT2D eigenvalue weighted by Gasteiger charge is -2.18. The van der Waals surface area contributed by atoms with Gasteiger partial charge in [0.2, 0.25) is 0 Å². The van der Waals surface area contributed by atoms with Crippen LogP contribution in [0.15, 0.2) is 21.1 Å². The molecule has 2 nitrogen and oxygen atoms in total. The van der Waals surface area contributed by atoms with E-state index in [2.05, 4.69) is 57.9 Å². The van der Waals surface area contributed by atoms with E-state index in [0.717, 1.165) is 27.0 Å². The van der Waals surface area contributed by atoms with Crippen LogP contribution in [0, 0.1) is 5.92 Å². The standard InChI is InChI=1S/C14H21Br2NO/c1-4-9(2)5-10(3)17-8-11-6-12(15)14(18)13(16)7-11/h6-7,9-10,17-18H,4-5,8H2,1-3H3. The van der Waals surface area contributed by atoms with Crippen LogP contribution in [0.1, 0.15) is 39.2 Å². The zero-order valence-corrected chi connectivity index (χ0v) is 14.3. The number of benzene rings is 1. The van der Waals surface area contributed by atoms with Crippen LogP contribution in [0.25, 0.3) is 0 Å². The summed E-state index contributed by atoms with van der Waals surface area (Å²) >= 11 is 6.70. The highest BCUT2D eigenvalue weighted by molar-refractivity contribution is 9.11. The molecule has 0 saturated carbocycles. The molecule has 0 heterocycles. The summed E-state index contributed by atoms with van der Waals surface area (Å²) in [7, 11) is 0. The molecule has 0 spiro atoms. The highest BCUT2D eigenvalue weighted by Gasteiger charge is 2.09. The largest absolute Gasteiger partial charge is 0.506 e. The molecule has 4 heteroatoms. The van der Waals surface area contributed by atoms with Gasteiger partial charge in [-0.3, -0.25) is 0 Å². The SMILES string of the molecule is CCC(C)CC(C)NCc1cc(Br)c(O)c(Br)c1. The quantitative estimate of drug-likeness (QED) is 0.742. The van der Waals surface area contributed by atoms with Gasteiger partial charge < -0.3 is 10.4 Å². The Morgan fingerprint density at radius 3 is 2.28 bits per heavy atom. The second-order valence-electron chi connectivity index (χ2n) is 4.94. The summed E-state index contributed by atoms with van der Waals surface area (Å²) < 4.78 is 1.45. The van der Waals surface area contributed by atoms with Crippen molar-refractivity contribution in [1.82, 2.24) is 5.32 Å². The van der Waals surface area contributed by atoms with Crippen molar-refractivity contribution in [2.45, 2.75) is 46.2 Å². The number of nitrogens with one attached hydrogen (secondary N) is 1. The van der Waals surface area contributed by atoms with E-state index < -0.39 is 0 Å². The van der Waals surface area contributed by atoms with Crippen LogP contribution in [-0.4, -0.2) is 11.1 Å². The van der Waals surface area contributed by atoms with Crippen molar-refractivity contribution in [2.75, 3.05) is 0 Å². The Balaban J connectivity index is 2.53. The zero-order valence-electron chi connectivity index (χ0n) is 11.1. The lowest BCUT2D eigenvalue weighted by Crippen LogP contribution is -2.27. The lowest BCUT2D eigenvalue weighted by molar-refractivity contribution is 0.412. The van der Waals surface area contributed by atoms with E-state index in [1.54, 1.807) is 0 Å². The molecular weight excluding hydrogens is 358 g/mol. The molecule has 0 aliphatic carbocycles. The van der Waals surface area contributed by atoms with Crippen LogP contribution >= 0.6 is 31.9 Å². The second-order valence-corrected chi connectivity index (χ2v) is 6.65. The van der Waals surface area contributed by atoms with Gasteiger partial charge in [-0.05, 0) is 68.8 Å². The Labute approximate surface area is 126 Å². The molecule has 0 amide bonds. The molecule has 2 unspecified atom stereocenters. The van der Waals surface area contributed by atoms with Crippen LogP contribution < -0.4 is 5.32 Å². The molecule has 0 fully saturated rings. The van der Waals surface area contributed by atoms with Gasteiger partial charge in [0.25, 0.3) is 0 Å². The molecule has 2 atom stereocenters. The predicted molar refractivity (Wildman–Crippen MR) is 83.9 cm³/mol. The van der Waals surface area contributed by atoms with E-state index in [4.69, 9.17) is 0 Å². The molecular formula is C14H21Br2NO. The van der Waals surface area contributed by atoms with E-state index in [9.17, 15) is 5.11 Å². The van der Waals surface area contributed by atoms with Gasteiger partial charge in [-0.1, -0.05) is 20.3 Å². The van der Waals surface area contributed by atoms with E-state index in [-0.39, 0.29) is 5.75 Å². The third-order valence-corrected chi connectivity index (χ3v) is 4.39. The molecule has 102 valence electrons. The highest BCUT2D eigenvalue weighted by Crippen LogP contribution is 2.33. The van der Waals surface area contributed by atoms with Gasteiger partial charge in [-0.15, -0.1) is 0 Å². The Morgan fingerprint density at radius 2 is 1.78 bits per heavy atom. The van der Waals surface area contributed by atoms with Gasteiger partial charge in [-0.2, -0.15) is 0 Å². The summed E-state index contributed by atoms with van der Waals surface area (Å²) in [6.07, 6.45) is 2.42. The Bertz CT molecular complexity index is 372. The van der Waals surface area contributed by atoms with E-state index in [0.29, 0.717) is 6.04 Å². The number of phenols is 1. The van der Waals surface area contributed by atoms with Crippen LogP contribution in [0.3, 0.4) is 0 Å². The number of aromatic hydroxyl groups is 1. The van der Waals surface area contributed by atoms with Crippen molar-refractivity contribution >= 4 is 31.9 Å². The molecule has 0 saturated heterocycles. The van der Waals surface area contributed by atoms with Gasteiger partial charge >= 0.3 is 0 Å². The fraction of sp³-hybridized carbons (Fsp3) is 0.571. The van der Waals surface area contributed by atoms with Crippen molar-refractivity contribution in [3.05, 3.63) is 26.6 Å². The van der Waals surface area contributed by atoms with Gasteiger partial charge in [0.15, 0.2) is 0 Å². The summed E-state index contributed by atoms with van der Waals surface area (Å²) in [4.78, 5) is 0. The smallest absolute Gasteiger partial charge is 0.143 e. The minimum atomic E-state index is 0.256. The van der Waals surface area contributed by atoms with Crippen molar-refractivity contribution < 1.29 is 5.11 Å². The summed E-state index contributed by atoms with van der Waals surface area (Å²) in [5.41, 5.74) is 1.16. The maximum atomic E-state index is 9.64. The maximum Gasteiger partial charge on any atom is 0.143 e. The van der Waals surface area contributed by atoms with Crippen LogP contribution in [0.2, 0.25) is 0 Å². The summed E-state index contributed by atoms with van der Waals surface area (Å²) in [5.74, 6) is 1.01. The first-order valence-corrected chi connectivity index (χ1v) is 7.92. The predicted octanol–water partition coefficient (Wildman–Crippen LogP) is 4.83. The minimum absolute atomic E-state index is 0.256. The summed E-state index contributed by atoms with van der Waals surface area (Å²) in [6.45, 7) is 7.54. The van der Waals surface area contributed by atoms with Crippen LogP contribution in [0.5, 0.6) is 5.75 Å². The molecule has 2 N–H and O–H groups in total. The van der Waals surface area contributed by atoms with E-state index in [1.807, 2.05) is 12.1 Å². The average molecular weight is 379 g/mol. The van der Waals surface area contributed by atoms with Crippen molar-refractivity contribution in [1.29, 1.82) is 0 Å². The number of rotatable bonds is 6. The fourth-order valence-electron chi connectivity index (χ4n) is 1.87. The summed E-state index contributed by atoms with van der Waals surface area (Å²) in [5, 5.41) is 13.2. The number of hydrogen-bond donors (Lipinski definition) is 2. The van der Waals surface area contributed by atoms with Crippen LogP contribution in [-0.2, 0) is 6.54 Å². The Morgan fingerprint density at radius 1 is 1.22 bits per heavy atom. The Hall–Kier alpha value is -0.0600. The molecule has 18 heavy (non-hydrogen) atoms. The van der Waals surface area contributed by atoms with Gasteiger partial charge in [0.1, 0.15) is 5.75 Å². The molecule has 0 aliphatic rings. The molecule has 0 bridgehead atoms. The minimum Gasteiger partial charge on any atom is -0.506 e. The monoisotopic (exact) mass is 377 g/mol. The third-order valence-electron chi connectivity index (χ3n) is 3.18. The van der Waals surface area contributed by atoms with Crippen molar-refractivity contribution in [2.24, 2.45) is 5.92 Å². The topological polar surface area (TPSA) is 32.3 Å². The fourth-order valence-corrected chi connectivity index (χ4v) is 3.15. The zero-order chi connectivity index (χ0) is 13.7. The van der Waals surface area contributed by atoms with Crippen molar-refractivity contribution in [3.8, 4) is 5.75 Å². The molecule has 1 aromatic rings. The number of halogens is 2. The summed E-state index contributed by atoms with van der Waals surface area (Å²) in [6, 6.07) is 4.40. The second kappa shape index (κ2) is 7.51. The maximum absolute atomic E-state index is 9.64. The number of phenolic OH excluding ortho intramolecular Hbond substituents is 1. The average Bonchev–Trinajstić information content (AvgIpc) is 2.33. The van der Waals surface area contributed by atoms with E-state index >= 15 is 0 Å². The molecule has 0 radical (unpaired) electrons. The lowest BCUT2D eigenvalue weighted by atomic mass is 10.0. The molecule has 1 aromatic carbocycles. The van der Waals surface area contributed by atoms with Gasteiger partial charge in [0, 0.05) is 12.6 Å². The van der Waals surface area contributed by atoms with Crippen LogP contribution in [0.4, 0.5) is 0 Å². The number of hydrogen-bond acceptors (Lipinski definition) is 2. The first-order valence-electron chi connectivity index (χ1n) is 6.34. The highest BCUT2D eigenvalue weighted by atomic mass is 79.9. The first kappa shape index (κ1) is 16.0. The molecule has 1 rings (SSSR count). The third kappa shape index (κ3) is 4.90. The Kier molecular flexibility index (Phi) is 6.67. The first-order chi connectivity index (χ1) is 8.43. The van der Waals surface area contributed by atoms with E-state index in [1.165, 1.54) is 12.8 Å². The van der Waals surface area contributed by atoms with Gasteiger partial charge in [0.05, 0.1) is 8.95 Å². The van der Waals surface area contributed by atoms with Gasteiger partial charge in [-0.25, -0.2) is 0 Å².